The van der Waals surface area contributed by atoms with E-state index in [0.29, 0.717) is 19.6 Å². The summed E-state index contributed by atoms with van der Waals surface area (Å²) in [5.74, 6) is 1.74. The summed E-state index contributed by atoms with van der Waals surface area (Å²) in [6, 6.07) is 9.90. The molecule has 1 amide bonds. The number of carbonyl (C=O) groups excluding carboxylic acids is 1. The van der Waals surface area contributed by atoms with Gasteiger partial charge in [-0.3, -0.25) is 4.40 Å². The van der Waals surface area contributed by atoms with Crippen LogP contribution in [0.1, 0.15) is 44.4 Å². The van der Waals surface area contributed by atoms with Gasteiger partial charge in [0.1, 0.15) is 17.7 Å². The van der Waals surface area contributed by atoms with Crippen LogP contribution in [0.15, 0.2) is 42.9 Å². The van der Waals surface area contributed by atoms with Crippen LogP contribution in [0, 0.1) is 0 Å². The number of carbonyl (C=O) groups is 1. The minimum absolute atomic E-state index is 0.175. The summed E-state index contributed by atoms with van der Waals surface area (Å²) < 4.78 is 12.7. The number of benzene rings is 1. The SMILES string of the molecule is COc1ccc(CNc2nccc3c(C4CCN(C(=O)OC(C)(C)C)C4)ncn23)cc1. The lowest BCUT2D eigenvalue weighted by Crippen LogP contribution is -2.35. The summed E-state index contributed by atoms with van der Waals surface area (Å²) in [6.07, 6.45) is 4.19. The lowest BCUT2D eigenvalue weighted by Gasteiger charge is -2.24. The molecule has 1 aliphatic heterocycles. The predicted octanol–water partition coefficient (Wildman–Crippen LogP) is 4.07. The summed E-state index contributed by atoms with van der Waals surface area (Å²) in [5, 5.41) is 3.38. The lowest BCUT2D eigenvalue weighted by atomic mass is 10.0. The van der Waals surface area contributed by atoms with Crippen molar-refractivity contribution in [1.29, 1.82) is 0 Å². The van der Waals surface area contributed by atoms with Crippen LogP contribution in [-0.2, 0) is 11.3 Å². The first kappa shape index (κ1) is 21.0. The first-order valence-electron chi connectivity index (χ1n) is 10.5. The van der Waals surface area contributed by atoms with Gasteiger partial charge in [0.2, 0.25) is 5.95 Å². The van der Waals surface area contributed by atoms with Crippen LogP contribution in [0.3, 0.4) is 0 Å². The maximum atomic E-state index is 12.4. The van der Waals surface area contributed by atoms with Crippen molar-refractivity contribution in [2.45, 2.75) is 45.3 Å². The molecule has 1 unspecified atom stereocenters. The molecule has 0 bridgehead atoms. The minimum atomic E-state index is -0.494. The Labute approximate surface area is 182 Å². The Balaban J connectivity index is 1.46. The van der Waals surface area contributed by atoms with E-state index in [9.17, 15) is 4.79 Å². The molecule has 1 saturated heterocycles. The fourth-order valence-electron chi connectivity index (χ4n) is 3.79. The Bertz CT molecular complexity index is 1060. The molecule has 164 valence electrons. The number of hydrogen-bond acceptors (Lipinski definition) is 6. The van der Waals surface area contributed by atoms with Gasteiger partial charge in [0.05, 0.1) is 18.3 Å². The van der Waals surface area contributed by atoms with Crippen LogP contribution >= 0.6 is 0 Å². The van der Waals surface area contributed by atoms with Crippen LogP contribution in [0.5, 0.6) is 5.75 Å². The summed E-state index contributed by atoms with van der Waals surface area (Å²) >= 11 is 0. The Morgan fingerprint density at radius 3 is 2.68 bits per heavy atom. The second-order valence-electron chi connectivity index (χ2n) is 8.77. The minimum Gasteiger partial charge on any atom is -0.497 e. The van der Waals surface area contributed by atoms with Gasteiger partial charge < -0.3 is 19.7 Å². The molecule has 1 aliphatic rings. The number of likely N-dealkylation sites (tertiary alicyclic amines) is 1. The van der Waals surface area contributed by atoms with Gasteiger partial charge in [-0.2, -0.15) is 0 Å². The van der Waals surface area contributed by atoms with Crippen LogP contribution in [0.4, 0.5) is 10.7 Å². The number of methoxy groups -OCH3 is 1. The van der Waals surface area contributed by atoms with Gasteiger partial charge in [0.25, 0.3) is 0 Å². The maximum absolute atomic E-state index is 12.4. The van der Waals surface area contributed by atoms with Crippen molar-refractivity contribution in [2.24, 2.45) is 0 Å². The van der Waals surface area contributed by atoms with Crippen LogP contribution < -0.4 is 10.1 Å². The van der Waals surface area contributed by atoms with E-state index in [0.717, 1.165) is 34.9 Å². The average molecular weight is 424 g/mol. The van der Waals surface area contributed by atoms with Crippen molar-refractivity contribution in [3.05, 3.63) is 54.1 Å². The Morgan fingerprint density at radius 1 is 1.19 bits per heavy atom. The van der Waals surface area contributed by atoms with E-state index < -0.39 is 5.60 Å². The van der Waals surface area contributed by atoms with Gasteiger partial charge in [-0.05, 0) is 51.0 Å². The number of aromatic nitrogens is 3. The average Bonchev–Trinajstić information content (AvgIpc) is 3.38. The maximum Gasteiger partial charge on any atom is 0.410 e. The number of amides is 1. The quantitative estimate of drug-likeness (QED) is 0.666. The molecule has 0 saturated carbocycles. The highest BCUT2D eigenvalue weighted by Gasteiger charge is 2.32. The fourth-order valence-corrected chi connectivity index (χ4v) is 3.79. The molecular weight excluding hydrogens is 394 g/mol. The first-order valence-corrected chi connectivity index (χ1v) is 10.5. The molecule has 2 aromatic heterocycles. The zero-order valence-electron chi connectivity index (χ0n) is 18.5. The third kappa shape index (κ3) is 4.73. The fraction of sp³-hybridized carbons (Fsp3) is 0.435. The lowest BCUT2D eigenvalue weighted by molar-refractivity contribution is 0.0292. The molecule has 1 fully saturated rings. The van der Waals surface area contributed by atoms with Gasteiger partial charge in [0, 0.05) is 31.7 Å². The van der Waals surface area contributed by atoms with E-state index in [4.69, 9.17) is 9.47 Å². The molecule has 3 aromatic rings. The van der Waals surface area contributed by atoms with Crippen LogP contribution in [0.2, 0.25) is 0 Å². The van der Waals surface area contributed by atoms with Crippen molar-refractivity contribution in [3.8, 4) is 5.75 Å². The van der Waals surface area contributed by atoms with Crippen molar-refractivity contribution in [2.75, 3.05) is 25.5 Å². The van der Waals surface area contributed by atoms with Gasteiger partial charge in [-0.25, -0.2) is 14.8 Å². The van der Waals surface area contributed by atoms with E-state index in [1.807, 2.05) is 55.5 Å². The third-order valence-corrected chi connectivity index (χ3v) is 5.33. The number of rotatable bonds is 5. The molecule has 1 N–H and O–H groups in total. The Kier molecular flexibility index (Phi) is 5.71. The molecule has 0 spiro atoms. The monoisotopic (exact) mass is 423 g/mol. The highest BCUT2D eigenvalue weighted by Crippen LogP contribution is 2.30. The largest absolute Gasteiger partial charge is 0.497 e. The summed E-state index contributed by atoms with van der Waals surface area (Å²) in [5.41, 5.74) is 2.62. The summed E-state index contributed by atoms with van der Waals surface area (Å²) in [4.78, 5) is 23.3. The predicted molar refractivity (Wildman–Crippen MR) is 118 cm³/mol. The molecule has 31 heavy (non-hydrogen) atoms. The molecule has 0 aliphatic carbocycles. The Hall–Kier alpha value is -3.29. The number of hydrogen-bond donors (Lipinski definition) is 1. The number of anilines is 1. The van der Waals surface area contributed by atoms with E-state index in [1.165, 1.54) is 0 Å². The van der Waals surface area contributed by atoms with E-state index in [1.54, 1.807) is 24.5 Å². The molecule has 8 heteroatoms. The molecule has 1 aromatic carbocycles. The number of ether oxygens (including phenoxy) is 2. The number of nitrogens with one attached hydrogen (secondary N) is 1. The second-order valence-corrected chi connectivity index (χ2v) is 8.77. The zero-order valence-corrected chi connectivity index (χ0v) is 18.5. The van der Waals surface area contributed by atoms with Crippen molar-refractivity contribution in [1.82, 2.24) is 19.3 Å². The number of fused-ring (bicyclic) bond motifs is 1. The summed E-state index contributed by atoms with van der Waals surface area (Å²) in [6.45, 7) is 7.57. The van der Waals surface area contributed by atoms with Crippen LogP contribution in [0.25, 0.3) is 5.52 Å². The van der Waals surface area contributed by atoms with E-state index in [2.05, 4.69) is 15.3 Å². The smallest absolute Gasteiger partial charge is 0.410 e. The first-order chi connectivity index (χ1) is 14.8. The molecule has 8 nitrogen and oxygen atoms in total. The van der Waals surface area contributed by atoms with Gasteiger partial charge in [0.15, 0.2) is 0 Å². The Morgan fingerprint density at radius 2 is 1.97 bits per heavy atom. The molecule has 3 heterocycles. The highest BCUT2D eigenvalue weighted by atomic mass is 16.6. The normalized spacial score (nSPS) is 16.5. The van der Waals surface area contributed by atoms with Gasteiger partial charge in [-0.1, -0.05) is 12.1 Å². The van der Waals surface area contributed by atoms with Crippen molar-refractivity contribution in [3.63, 3.8) is 0 Å². The molecule has 0 radical (unpaired) electrons. The van der Waals surface area contributed by atoms with E-state index in [-0.39, 0.29) is 12.0 Å². The van der Waals surface area contributed by atoms with Crippen molar-refractivity contribution >= 4 is 17.6 Å². The third-order valence-electron chi connectivity index (χ3n) is 5.33. The second kappa shape index (κ2) is 8.45. The number of imidazole rings is 1. The molecule has 1 atom stereocenters. The van der Waals surface area contributed by atoms with Crippen LogP contribution in [-0.4, -0.2) is 51.2 Å². The topological polar surface area (TPSA) is 81.0 Å². The van der Waals surface area contributed by atoms with E-state index >= 15 is 0 Å². The summed E-state index contributed by atoms with van der Waals surface area (Å²) in [7, 11) is 1.66. The zero-order chi connectivity index (χ0) is 22.0. The highest BCUT2D eigenvalue weighted by molar-refractivity contribution is 5.69. The standard InChI is InChI=1S/C23H29N5O3/c1-23(2,3)31-22(29)27-12-10-17(14-27)20-19-9-11-24-21(28(19)15-26-20)25-13-16-5-7-18(30-4)8-6-16/h5-9,11,15,17H,10,12-14H2,1-4H3,(H,24,25). The number of nitrogens with zero attached hydrogens (tertiary/aromatic N) is 4. The molecular formula is C23H29N5O3. The van der Waals surface area contributed by atoms with Crippen molar-refractivity contribution < 1.29 is 14.3 Å². The molecule has 4 rings (SSSR count). The van der Waals surface area contributed by atoms with Gasteiger partial charge in [-0.15, -0.1) is 0 Å². The van der Waals surface area contributed by atoms with Gasteiger partial charge >= 0.3 is 6.09 Å².